The highest BCUT2D eigenvalue weighted by molar-refractivity contribution is 6.19. The maximum absolute atomic E-state index is 5.82. The lowest BCUT2D eigenvalue weighted by Crippen LogP contribution is -2.06. The second-order valence-electron chi connectivity index (χ2n) is 4.34. The van der Waals surface area contributed by atoms with Gasteiger partial charge in [0.15, 0.2) is 0 Å². The predicted octanol–water partition coefficient (Wildman–Crippen LogP) is 2.64. The van der Waals surface area contributed by atoms with E-state index < -0.39 is 0 Å². The molecule has 2 rings (SSSR count). The normalized spacial score (nSPS) is 9.86. The van der Waals surface area contributed by atoms with Crippen LogP contribution in [0.3, 0.4) is 0 Å². The Balaban J connectivity index is 2.06. The number of benzene rings is 1. The number of hydrogen-bond donors (Lipinski definition) is 0. The van der Waals surface area contributed by atoms with Crippen molar-refractivity contribution in [2.45, 2.75) is 6.42 Å². The summed E-state index contributed by atoms with van der Waals surface area (Å²) in [5.74, 6) is 7.58. The SMILES string of the molecule is COc1ccc(OCCc2ccnn2C)c(C#CCCl)c1. The van der Waals surface area contributed by atoms with Gasteiger partial charge in [0.25, 0.3) is 0 Å². The van der Waals surface area contributed by atoms with Crippen LogP contribution < -0.4 is 9.47 Å². The van der Waals surface area contributed by atoms with Gasteiger partial charge in [0.2, 0.25) is 0 Å². The molecule has 110 valence electrons. The van der Waals surface area contributed by atoms with Crippen LogP contribution in [0.5, 0.6) is 11.5 Å². The Morgan fingerprint density at radius 3 is 2.86 bits per heavy atom. The minimum Gasteiger partial charge on any atom is -0.497 e. The number of hydrogen-bond acceptors (Lipinski definition) is 3. The van der Waals surface area contributed by atoms with Gasteiger partial charge in [-0.15, -0.1) is 11.6 Å². The third kappa shape index (κ3) is 4.17. The molecular weight excluding hydrogens is 288 g/mol. The first-order chi connectivity index (χ1) is 10.2. The van der Waals surface area contributed by atoms with Crippen molar-refractivity contribution in [3.05, 3.63) is 41.7 Å². The fraction of sp³-hybridized carbons (Fsp3) is 0.312. The molecular formula is C16H17ClN2O2. The topological polar surface area (TPSA) is 36.3 Å². The van der Waals surface area contributed by atoms with E-state index in [1.165, 1.54) is 0 Å². The van der Waals surface area contributed by atoms with Crippen LogP contribution in [0.4, 0.5) is 0 Å². The summed E-state index contributed by atoms with van der Waals surface area (Å²) >= 11 is 5.61. The van der Waals surface area contributed by atoms with Crippen molar-refractivity contribution in [1.29, 1.82) is 0 Å². The van der Waals surface area contributed by atoms with Crippen LogP contribution in [0.25, 0.3) is 0 Å². The molecule has 0 aliphatic rings. The smallest absolute Gasteiger partial charge is 0.135 e. The molecule has 1 aromatic heterocycles. The minimum atomic E-state index is 0.283. The first-order valence-corrected chi connectivity index (χ1v) is 7.10. The number of methoxy groups -OCH3 is 1. The maximum atomic E-state index is 5.82. The van der Waals surface area contributed by atoms with Gasteiger partial charge in [-0.2, -0.15) is 5.10 Å². The molecule has 4 nitrogen and oxygen atoms in total. The Hall–Kier alpha value is -2.12. The molecule has 2 aromatic rings. The van der Waals surface area contributed by atoms with E-state index in [0.29, 0.717) is 6.61 Å². The summed E-state index contributed by atoms with van der Waals surface area (Å²) < 4.78 is 12.9. The molecule has 1 heterocycles. The second-order valence-corrected chi connectivity index (χ2v) is 4.61. The van der Waals surface area contributed by atoms with E-state index >= 15 is 0 Å². The summed E-state index contributed by atoms with van der Waals surface area (Å²) in [4.78, 5) is 0. The van der Waals surface area contributed by atoms with Crippen molar-refractivity contribution in [3.8, 4) is 23.3 Å². The van der Waals surface area contributed by atoms with Crippen molar-refractivity contribution in [3.63, 3.8) is 0 Å². The molecule has 5 heteroatoms. The van der Waals surface area contributed by atoms with Gasteiger partial charge >= 0.3 is 0 Å². The van der Waals surface area contributed by atoms with Gasteiger partial charge in [0.1, 0.15) is 11.5 Å². The molecule has 0 bridgehead atoms. The molecule has 0 spiro atoms. The number of ether oxygens (including phenoxy) is 2. The van der Waals surface area contributed by atoms with E-state index in [4.69, 9.17) is 21.1 Å². The molecule has 0 atom stereocenters. The summed E-state index contributed by atoms with van der Waals surface area (Å²) in [6, 6.07) is 7.54. The van der Waals surface area contributed by atoms with Gasteiger partial charge < -0.3 is 9.47 Å². The largest absolute Gasteiger partial charge is 0.497 e. The van der Waals surface area contributed by atoms with Crippen LogP contribution >= 0.6 is 11.6 Å². The van der Waals surface area contributed by atoms with Gasteiger partial charge in [-0.05, 0) is 24.3 Å². The molecule has 0 saturated carbocycles. The third-order valence-electron chi connectivity index (χ3n) is 3.01. The molecule has 0 unspecified atom stereocenters. The molecule has 0 aliphatic carbocycles. The first kappa shape index (κ1) is 15.3. The molecule has 0 amide bonds. The summed E-state index contributed by atoms with van der Waals surface area (Å²) in [6.07, 6.45) is 2.56. The number of aryl methyl sites for hydroxylation is 1. The maximum Gasteiger partial charge on any atom is 0.135 e. The highest BCUT2D eigenvalue weighted by Gasteiger charge is 2.05. The number of rotatable bonds is 5. The monoisotopic (exact) mass is 304 g/mol. The van der Waals surface area contributed by atoms with Gasteiger partial charge in [-0.1, -0.05) is 11.8 Å². The highest BCUT2D eigenvalue weighted by Crippen LogP contribution is 2.23. The van der Waals surface area contributed by atoms with Gasteiger partial charge in [0, 0.05) is 25.4 Å². The Morgan fingerprint density at radius 1 is 1.33 bits per heavy atom. The molecule has 0 radical (unpaired) electrons. The summed E-state index contributed by atoms with van der Waals surface area (Å²) in [5.41, 5.74) is 1.90. The molecule has 0 aliphatic heterocycles. The van der Waals surface area contributed by atoms with Gasteiger partial charge in [0.05, 0.1) is 25.2 Å². The fourth-order valence-electron chi connectivity index (χ4n) is 1.90. The van der Waals surface area contributed by atoms with E-state index in [2.05, 4.69) is 16.9 Å². The minimum absolute atomic E-state index is 0.283. The Kier molecular flexibility index (Phi) is 5.53. The third-order valence-corrected chi connectivity index (χ3v) is 3.15. The molecule has 0 fully saturated rings. The summed E-state index contributed by atoms with van der Waals surface area (Å²) in [7, 11) is 3.54. The highest BCUT2D eigenvalue weighted by atomic mass is 35.5. The number of halogens is 1. The van der Waals surface area contributed by atoms with Crippen molar-refractivity contribution >= 4 is 11.6 Å². The van der Waals surface area contributed by atoms with E-state index in [9.17, 15) is 0 Å². The predicted molar refractivity (Wildman–Crippen MR) is 83.0 cm³/mol. The lowest BCUT2D eigenvalue weighted by Gasteiger charge is -2.10. The van der Waals surface area contributed by atoms with Crippen LogP contribution in [-0.4, -0.2) is 29.4 Å². The van der Waals surface area contributed by atoms with Crippen LogP contribution in [0.1, 0.15) is 11.3 Å². The van der Waals surface area contributed by atoms with Gasteiger partial charge in [-0.3, -0.25) is 4.68 Å². The van der Waals surface area contributed by atoms with Crippen LogP contribution in [0.15, 0.2) is 30.5 Å². The zero-order chi connectivity index (χ0) is 15.1. The zero-order valence-electron chi connectivity index (χ0n) is 12.1. The average Bonchev–Trinajstić information content (AvgIpc) is 2.91. The number of nitrogens with zero attached hydrogens (tertiary/aromatic N) is 2. The fourth-order valence-corrected chi connectivity index (χ4v) is 1.97. The van der Waals surface area contributed by atoms with E-state index in [1.54, 1.807) is 13.3 Å². The zero-order valence-corrected chi connectivity index (χ0v) is 12.9. The number of aromatic nitrogens is 2. The first-order valence-electron chi connectivity index (χ1n) is 6.57. The van der Waals surface area contributed by atoms with Crippen LogP contribution in [-0.2, 0) is 13.5 Å². The molecule has 21 heavy (non-hydrogen) atoms. The summed E-state index contributed by atoms with van der Waals surface area (Å²) in [5, 5.41) is 4.13. The molecule has 0 saturated heterocycles. The van der Waals surface area contributed by atoms with E-state index in [1.807, 2.05) is 36.0 Å². The Labute approximate surface area is 129 Å². The quantitative estimate of drug-likeness (QED) is 0.629. The Morgan fingerprint density at radius 2 is 2.19 bits per heavy atom. The summed E-state index contributed by atoms with van der Waals surface area (Å²) in [6.45, 7) is 0.557. The molecule has 1 aromatic carbocycles. The van der Waals surface area contributed by atoms with Crippen molar-refractivity contribution in [2.75, 3.05) is 19.6 Å². The average molecular weight is 305 g/mol. The number of alkyl halides is 1. The van der Waals surface area contributed by atoms with E-state index in [0.717, 1.165) is 29.2 Å². The Bertz CT molecular complexity index is 656. The van der Waals surface area contributed by atoms with Crippen LogP contribution in [0, 0.1) is 11.8 Å². The lowest BCUT2D eigenvalue weighted by molar-refractivity contribution is 0.316. The standard InChI is InChI=1S/C16H17ClN2O2/c1-19-14(7-10-18-19)8-11-21-16-6-5-15(20-2)12-13(16)4-3-9-17/h5-7,10,12H,8-9,11H2,1-2H3. The van der Waals surface area contributed by atoms with Crippen molar-refractivity contribution < 1.29 is 9.47 Å². The van der Waals surface area contributed by atoms with Crippen LogP contribution in [0.2, 0.25) is 0 Å². The molecule has 0 N–H and O–H groups in total. The second kappa shape index (κ2) is 7.61. The van der Waals surface area contributed by atoms with Gasteiger partial charge in [-0.25, -0.2) is 0 Å². The van der Waals surface area contributed by atoms with Crippen molar-refractivity contribution in [2.24, 2.45) is 7.05 Å². The lowest BCUT2D eigenvalue weighted by atomic mass is 10.2. The van der Waals surface area contributed by atoms with E-state index in [-0.39, 0.29) is 5.88 Å². The van der Waals surface area contributed by atoms with Crippen molar-refractivity contribution in [1.82, 2.24) is 9.78 Å².